The molecule has 0 spiro atoms. The quantitative estimate of drug-likeness (QED) is 0.0858. The van der Waals surface area contributed by atoms with Gasteiger partial charge in [0.2, 0.25) is 5.78 Å². The topological polar surface area (TPSA) is 146 Å². The van der Waals surface area contributed by atoms with E-state index in [1.54, 1.807) is 7.05 Å². The second-order valence-corrected chi connectivity index (χ2v) is 22.1. The molecule has 1 aromatic heterocycles. The number of benzene rings is 3. The number of hydrogen-bond donors (Lipinski definition) is 2. The zero-order chi connectivity index (χ0) is 41.0. The first kappa shape index (κ1) is 40.5. The Morgan fingerprint density at radius 3 is 2.18 bits per heavy atom. The number of rotatable bonds is 12. The number of halogens is 1. The van der Waals surface area contributed by atoms with Crippen LogP contribution >= 0.6 is 0 Å². The van der Waals surface area contributed by atoms with Gasteiger partial charge in [0, 0.05) is 17.0 Å². The molecule has 13 heteroatoms. The molecule has 3 aliphatic rings. The molecule has 57 heavy (non-hydrogen) atoms. The normalized spacial score (nSPS) is 23.2. The lowest BCUT2D eigenvalue weighted by Gasteiger charge is -2.56. The molecule has 1 unspecified atom stereocenters. The number of likely N-dealkylation sites (N-methyl/N-ethyl adjacent to an activating group) is 1. The van der Waals surface area contributed by atoms with Crippen LogP contribution in [0, 0.1) is 23.6 Å². The van der Waals surface area contributed by atoms with Crippen molar-refractivity contribution >= 4 is 31.4 Å². The third-order valence-corrected chi connectivity index (χ3v) is 17.0. The van der Waals surface area contributed by atoms with Crippen LogP contribution in [0.25, 0.3) is 0 Å². The van der Waals surface area contributed by atoms with E-state index in [9.17, 15) is 0 Å². The summed E-state index contributed by atoms with van der Waals surface area (Å²) in [5, 5.41) is 6.88. The molecule has 1 fully saturated rings. The molecule has 3 aromatic carbocycles. The van der Waals surface area contributed by atoms with Crippen molar-refractivity contribution in [3.8, 4) is 11.6 Å². The van der Waals surface area contributed by atoms with Crippen molar-refractivity contribution in [1.29, 1.82) is 0 Å². The second kappa shape index (κ2) is 15.2. The number of aromatic nitrogens is 1. The average Bonchev–Trinajstić information content (AvgIpc) is 3.59. The zero-order valence-electron chi connectivity index (χ0n) is 34.0. The lowest BCUT2D eigenvalue weighted by atomic mass is 9.54. The highest BCUT2D eigenvalue weighted by Crippen LogP contribution is 2.59. The Hall–Kier alpha value is -4.69. The largest absolute Gasteiger partial charge is 0.486 e. The van der Waals surface area contributed by atoms with Crippen molar-refractivity contribution in [3.05, 3.63) is 106 Å². The van der Waals surface area contributed by atoms with E-state index in [0.717, 1.165) is 11.1 Å². The van der Waals surface area contributed by atoms with Gasteiger partial charge in [0.15, 0.2) is 37.0 Å². The molecule has 3 N–H and O–H groups in total. The Morgan fingerprint density at radius 2 is 1.60 bits per heavy atom. The summed E-state index contributed by atoms with van der Waals surface area (Å²) in [6.07, 6.45) is 0.519. The third kappa shape index (κ3) is 6.81. The van der Waals surface area contributed by atoms with Crippen molar-refractivity contribution in [2.45, 2.75) is 83.0 Å². The van der Waals surface area contributed by atoms with Gasteiger partial charge in [-0.2, -0.15) is 0 Å². The van der Waals surface area contributed by atoms with Crippen LogP contribution in [0.2, 0.25) is 18.1 Å². The average molecular weight is 797 g/mol. The highest BCUT2D eigenvalue weighted by atomic mass is 28.4. The Balaban J connectivity index is 1.39. The molecule has 5 atom stereocenters. The van der Waals surface area contributed by atoms with Crippen molar-refractivity contribution in [2.75, 3.05) is 33.4 Å². The number of ketones is 3. The minimum atomic E-state index is -2.97. The van der Waals surface area contributed by atoms with Crippen LogP contribution in [0.15, 0.2) is 65.2 Å². The first-order valence-corrected chi connectivity index (χ1v) is 22.5. The zero-order valence-corrected chi connectivity index (χ0v) is 35.0. The highest BCUT2D eigenvalue weighted by molar-refractivity contribution is 6.74. The number of carbonyl (C=O) groups excluding carboxylic acids is 3. The van der Waals surface area contributed by atoms with E-state index >= 15 is 18.8 Å². The van der Waals surface area contributed by atoms with Crippen LogP contribution in [-0.4, -0.2) is 69.0 Å². The fraction of sp³-hybridized carbons (Fsp3) is 0.455. The Bertz CT molecular complexity index is 2190. The molecule has 11 nitrogen and oxygen atoms in total. The Kier molecular flexibility index (Phi) is 10.8. The number of fused-ring (bicyclic) bond motifs is 4. The van der Waals surface area contributed by atoms with Gasteiger partial charge in [-0.1, -0.05) is 81.4 Å². The van der Waals surface area contributed by atoms with E-state index in [1.807, 2.05) is 114 Å². The lowest BCUT2D eigenvalue weighted by Crippen LogP contribution is -2.70. The number of nitrogens with one attached hydrogen (secondary N) is 1. The number of Topliss-reactive ketones (excluding diaryl/α,β-unsaturated/α-hetero) is 3. The van der Waals surface area contributed by atoms with Gasteiger partial charge in [0.05, 0.1) is 23.2 Å². The number of nitrogens with two attached hydrogens (primary N) is 1. The molecule has 7 rings (SSSR count). The van der Waals surface area contributed by atoms with E-state index in [0.29, 0.717) is 6.54 Å². The number of carbonyl (C=O) groups is 3. The van der Waals surface area contributed by atoms with Gasteiger partial charge in [-0.05, 0) is 87.3 Å². The van der Waals surface area contributed by atoms with Gasteiger partial charge >= 0.3 is 0 Å². The number of nitrogens with zero attached hydrogens (tertiary/aromatic N) is 2. The van der Waals surface area contributed by atoms with Crippen molar-refractivity contribution < 1.29 is 37.2 Å². The summed E-state index contributed by atoms with van der Waals surface area (Å²) < 4.78 is 42.5. The molecule has 1 saturated carbocycles. The van der Waals surface area contributed by atoms with E-state index in [1.165, 1.54) is 0 Å². The van der Waals surface area contributed by atoms with Gasteiger partial charge in [-0.3, -0.25) is 19.3 Å². The van der Waals surface area contributed by atoms with E-state index in [2.05, 4.69) is 10.5 Å². The highest BCUT2D eigenvalue weighted by Gasteiger charge is 2.70. The van der Waals surface area contributed by atoms with Crippen molar-refractivity contribution in [3.63, 3.8) is 0 Å². The fourth-order valence-corrected chi connectivity index (χ4v) is 10.2. The minimum absolute atomic E-state index is 0.0216. The molecular formula is C44H53FN4O7Si. The van der Waals surface area contributed by atoms with Gasteiger partial charge < -0.3 is 29.5 Å². The lowest BCUT2D eigenvalue weighted by molar-refractivity contribution is -0.151. The summed E-state index contributed by atoms with van der Waals surface area (Å²) in [6, 6.07) is 18.2. The maximum Gasteiger partial charge on any atom is 0.265 e. The Labute approximate surface area is 334 Å². The van der Waals surface area contributed by atoms with Crippen LogP contribution < -0.4 is 20.5 Å². The van der Waals surface area contributed by atoms with E-state index in [-0.39, 0.29) is 77.8 Å². The SMILES string of the molecule is CNCCc1c(N)c(OCc2ccccc2)c2c(c1F)C[C@H]1C[C@H]3[C@H](N(C)C)c4onc(OCc5ccccc5)c4C(=O)[C@@]3(O[Si](C)(C)C(C)(C)C)C(=O)C1C2=O. The van der Waals surface area contributed by atoms with Crippen LogP contribution in [-0.2, 0) is 35.3 Å². The number of nitrogen functional groups attached to an aromatic ring is 1. The van der Waals surface area contributed by atoms with Crippen LogP contribution in [0.4, 0.5) is 10.1 Å². The van der Waals surface area contributed by atoms with Gasteiger partial charge in [-0.15, -0.1) is 0 Å². The first-order chi connectivity index (χ1) is 27.0. The van der Waals surface area contributed by atoms with E-state index < -0.39 is 65.9 Å². The predicted octanol–water partition coefficient (Wildman–Crippen LogP) is 7.14. The maximum absolute atomic E-state index is 16.8. The summed E-state index contributed by atoms with van der Waals surface area (Å²) in [5.41, 5.74) is 6.71. The van der Waals surface area contributed by atoms with Crippen molar-refractivity contribution in [1.82, 2.24) is 15.4 Å². The summed E-state index contributed by atoms with van der Waals surface area (Å²) >= 11 is 0. The van der Waals surface area contributed by atoms with E-state index in [4.69, 9.17) is 24.2 Å². The summed E-state index contributed by atoms with van der Waals surface area (Å²) in [5.74, 6) is -4.97. The van der Waals surface area contributed by atoms with Gasteiger partial charge in [0.25, 0.3) is 5.88 Å². The molecule has 0 aliphatic heterocycles. The summed E-state index contributed by atoms with van der Waals surface area (Å²) in [4.78, 5) is 48.4. The first-order valence-electron chi connectivity index (χ1n) is 19.6. The third-order valence-electron chi connectivity index (χ3n) is 12.6. The number of hydrogen-bond acceptors (Lipinski definition) is 11. The maximum atomic E-state index is 16.8. The summed E-state index contributed by atoms with van der Waals surface area (Å²) in [6.45, 7) is 10.7. The standard InChI is InChI=1S/C44H53FN4O7Si/c1-43(2,3)57(7,8)56-44-30(36(49(5)6)39-33(41(44)52)42(48-55-39)54-24-26-17-13-10-14-18-26)22-27-21-29-32(37(50)31(27)40(44)51)38(53-23-25-15-11-9-12-16-25)35(46)28(34(29)45)19-20-47-4/h9-18,27,30-31,36,47H,19-24,46H2,1-8H3/t27-,30-,31?,36-,44-/m0/s1. The molecule has 1 heterocycles. The number of ether oxygens (including phenoxy) is 2. The molecule has 4 aromatic rings. The monoisotopic (exact) mass is 796 g/mol. The van der Waals surface area contributed by atoms with Crippen LogP contribution in [0.5, 0.6) is 11.6 Å². The van der Waals surface area contributed by atoms with Gasteiger partial charge in [0.1, 0.15) is 24.6 Å². The smallest absolute Gasteiger partial charge is 0.265 e. The Morgan fingerprint density at radius 1 is 0.982 bits per heavy atom. The molecular weight excluding hydrogens is 744 g/mol. The fourth-order valence-electron chi connectivity index (χ4n) is 8.70. The minimum Gasteiger partial charge on any atom is -0.486 e. The molecule has 302 valence electrons. The molecule has 3 aliphatic carbocycles. The molecule has 0 saturated heterocycles. The second-order valence-electron chi connectivity index (χ2n) is 17.4. The van der Waals surface area contributed by atoms with Crippen LogP contribution in [0.1, 0.15) is 82.0 Å². The molecule has 0 bridgehead atoms. The summed E-state index contributed by atoms with van der Waals surface area (Å²) in [7, 11) is 2.49. The molecule has 0 amide bonds. The van der Waals surface area contributed by atoms with Crippen LogP contribution in [0.3, 0.4) is 0 Å². The predicted molar refractivity (Wildman–Crippen MR) is 216 cm³/mol. The molecule has 0 radical (unpaired) electrons. The van der Waals surface area contributed by atoms with Gasteiger partial charge in [-0.25, -0.2) is 4.39 Å². The van der Waals surface area contributed by atoms with Crippen molar-refractivity contribution in [2.24, 2.45) is 17.8 Å². The number of anilines is 1.